The first-order valence-electron chi connectivity index (χ1n) is 6.49. The Morgan fingerprint density at radius 1 is 1.29 bits per heavy atom. The van der Waals surface area contributed by atoms with Crippen LogP contribution in [-0.4, -0.2) is 23.8 Å². The van der Waals surface area contributed by atoms with Gasteiger partial charge in [0.25, 0.3) is 11.8 Å². The maximum atomic E-state index is 11.8. The molecule has 0 radical (unpaired) electrons. The van der Waals surface area contributed by atoms with E-state index < -0.39 is 5.91 Å². The van der Waals surface area contributed by atoms with Crippen molar-refractivity contribution in [3.63, 3.8) is 0 Å². The summed E-state index contributed by atoms with van der Waals surface area (Å²) in [6.45, 7) is 1.86. The van der Waals surface area contributed by atoms with Crippen LogP contribution in [0.4, 0.5) is 0 Å². The normalized spacial score (nSPS) is 11.7. The van der Waals surface area contributed by atoms with Crippen LogP contribution in [-0.2, 0) is 0 Å². The maximum Gasteiger partial charge on any atom is 0.271 e. The van der Waals surface area contributed by atoms with E-state index in [-0.39, 0.29) is 23.4 Å². The molecular formula is C15H17N3O3. The zero-order valence-electron chi connectivity index (χ0n) is 11.8. The van der Waals surface area contributed by atoms with Gasteiger partial charge in [0.2, 0.25) is 0 Å². The minimum atomic E-state index is -0.651. The highest BCUT2D eigenvalue weighted by atomic mass is 16.5. The summed E-state index contributed by atoms with van der Waals surface area (Å²) in [6.07, 6.45) is -0.272. The highest BCUT2D eigenvalue weighted by Crippen LogP contribution is 2.26. The van der Waals surface area contributed by atoms with Crippen molar-refractivity contribution in [2.24, 2.45) is 5.73 Å². The van der Waals surface area contributed by atoms with Gasteiger partial charge in [-0.1, -0.05) is 30.3 Å². The zero-order chi connectivity index (χ0) is 15.4. The molecule has 1 atom stereocenters. The zero-order valence-corrected chi connectivity index (χ0v) is 11.8. The molecule has 0 bridgehead atoms. The van der Waals surface area contributed by atoms with Crippen molar-refractivity contribution >= 4 is 11.8 Å². The molecule has 4 N–H and O–H groups in total. The van der Waals surface area contributed by atoms with Gasteiger partial charge in [0, 0.05) is 13.1 Å². The van der Waals surface area contributed by atoms with Gasteiger partial charge in [-0.2, -0.15) is 0 Å². The number of H-pyrrole nitrogens is 1. The van der Waals surface area contributed by atoms with Crippen LogP contribution in [0.2, 0.25) is 0 Å². The second kappa shape index (κ2) is 6.13. The number of hydrogen-bond donors (Lipinski definition) is 3. The van der Waals surface area contributed by atoms with Crippen LogP contribution in [0.5, 0.6) is 5.75 Å². The van der Waals surface area contributed by atoms with E-state index >= 15 is 0 Å². The summed E-state index contributed by atoms with van der Waals surface area (Å²) in [4.78, 5) is 25.7. The summed E-state index contributed by atoms with van der Waals surface area (Å²) in [5.74, 6) is -0.736. The van der Waals surface area contributed by atoms with Crippen LogP contribution >= 0.6 is 0 Å². The molecule has 110 valence electrons. The fourth-order valence-corrected chi connectivity index (χ4v) is 1.94. The van der Waals surface area contributed by atoms with Crippen molar-refractivity contribution < 1.29 is 14.3 Å². The second-order valence-corrected chi connectivity index (χ2v) is 4.54. The maximum absolute atomic E-state index is 11.8. The highest BCUT2D eigenvalue weighted by Gasteiger charge is 2.20. The summed E-state index contributed by atoms with van der Waals surface area (Å²) in [5.41, 5.74) is 6.49. The lowest BCUT2D eigenvalue weighted by molar-refractivity contribution is 0.0952. The minimum Gasteiger partial charge on any atom is -0.484 e. The van der Waals surface area contributed by atoms with Crippen molar-refractivity contribution in [3.05, 3.63) is 53.3 Å². The average molecular weight is 287 g/mol. The Balaban J connectivity index is 2.30. The summed E-state index contributed by atoms with van der Waals surface area (Å²) in [5, 5.41) is 2.48. The first-order chi connectivity index (χ1) is 10.0. The molecule has 21 heavy (non-hydrogen) atoms. The molecule has 0 saturated heterocycles. The number of carbonyl (C=O) groups excluding carboxylic acids is 2. The molecule has 6 heteroatoms. The molecule has 0 saturated carbocycles. The topological polar surface area (TPSA) is 97.2 Å². The predicted octanol–water partition coefficient (Wildman–Crippen LogP) is 1.61. The molecule has 1 heterocycles. The fourth-order valence-electron chi connectivity index (χ4n) is 1.94. The number of amides is 2. The minimum absolute atomic E-state index is 0.129. The first-order valence-corrected chi connectivity index (χ1v) is 6.49. The number of carbonyl (C=O) groups is 2. The molecule has 1 aromatic carbocycles. The molecule has 2 rings (SSSR count). The monoisotopic (exact) mass is 287 g/mol. The molecule has 2 aromatic rings. The quantitative estimate of drug-likeness (QED) is 0.779. The number of nitrogens with two attached hydrogens (primary N) is 1. The van der Waals surface area contributed by atoms with Crippen molar-refractivity contribution in [2.45, 2.75) is 13.0 Å². The predicted molar refractivity (Wildman–Crippen MR) is 78.2 cm³/mol. The van der Waals surface area contributed by atoms with E-state index in [1.54, 1.807) is 0 Å². The van der Waals surface area contributed by atoms with Crippen LogP contribution in [0.3, 0.4) is 0 Å². The van der Waals surface area contributed by atoms with Gasteiger partial charge in [-0.3, -0.25) is 9.59 Å². The molecule has 1 unspecified atom stereocenters. The van der Waals surface area contributed by atoms with Crippen molar-refractivity contribution in [1.29, 1.82) is 0 Å². The van der Waals surface area contributed by atoms with Gasteiger partial charge in [0.15, 0.2) is 5.75 Å². The Bertz CT molecular complexity index is 649. The van der Waals surface area contributed by atoms with E-state index in [2.05, 4.69) is 10.3 Å². The molecule has 0 spiro atoms. The smallest absolute Gasteiger partial charge is 0.271 e. The van der Waals surface area contributed by atoms with E-state index in [4.69, 9.17) is 10.5 Å². The van der Waals surface area contributed by atoms with Crippen LogP contribution in [0.25, 0.3) is 0 Å². The Labute approximate surface area is 122 Å². The highest BCUT2D eigenvalue weighted by molar-refractivity contribution is 5.99. The number of nitrogens with one attached hydrogen (secondary N) is 2. The van der Waals surface area contributed by atoms with Crippen LogP contribution < -0.4 is 15.8 Å². The van der Waals surface area contributed by atoms with Gasteiger partial charge in [-0.15, -0.1) is 0 Å². The lowest BCUT2D eigenvalue weighted by Gasteiger charge is -2.14. The summed E-state index contributed by atoms with van der Waals surface area (Å²) >= 11 is 0. The Kier molecular flexibility index (Phi) is 4.27. The van der Waals surface area contributed by atoms with E-state index in [9.17, 15) is 9.59 Å². The number of ether oxygens (including phenoxy) is 1. The number of aromatic amines is 1. The molecule has 0 aliphatic heterocycles. The Morgan fingerprint density at radius 2 is 1.95 bits per heavy atom. The van der Waals surface area contributed by atoms with Crippen molar-refractivity contribution in [2.75, 3.05) is 7.05 Å². The average Bonchev–Trinajstić information content (AvgIpc) is 2.91. The summed E-state index contributed by atoms with van der Waals surface area (Å²) < 4.78 is 5.79. The fraction of sp³-hybridized carbons (Fsp3) is 0.200. The van der Waals surface area contributed by atoms with E-state index in [1.165, 1.54) is 13.1 Å². The third-order valence-corrected chi connectivity index (χ3v) is 3.07. The number of rotatable bonds is 5. The number of aromatic nitrogens is 1. The lowest BCUT2D eigenvalue weighted by atomic mass is 10.1. The molecule has 2 amide bonds. The Morgan fingerprint density at radius 3 is 2.52 bits per heavy atom. The van der Waals surface area contributed by atoms with Crippen molar-refractivity contribution in [3.8, 4) is 5.75 Å². The van der Waals surface area contributed by atoms with Crippen LogP contribution in [0, 0.1) is 0 Å². The molecular weight excluding hydrogens is 270 g/mol. The third-order valence-electron chi connectivity index (χ3n) is 3.07. The lowest BCUT2D eigenvalue weighted by Crippen LogP contribution is -2.20. The third kappa shape index (κ3) is 3.22. The number of benzene rings is 1. The number of primary amides is 1. The standard InChI is InChI=1S/C15H17N3O3/c1-9(10-6-4-3-5-7-10)21-12-8-11(14(16)19)18-13(12)15(20)17-2/h3-9,18H,1-2H3,(H2,16,19)(H,17,20). The summed E-state index contributed by atoms with van der Waals surface area (Å²) in [7, 11) is 1.50. The SMILES string of the molecule is CNC(=O)c1[nH]c(C(N)=O)cc1OC(C)c1ccccc1. The van der Waals surface area contributed by atoms with Crippen LogP contribution in [0.1, 0.15) is 39.6 Å². The molecule has 0 aliphatic carbocycles. The van der Waals surface area contributed by atoms with E-state index in [0.717, 1.165) is 5.56 Å². The van der Waals surface area contributed by atoms with Gasteiger partial charge in [0.05, 0.1) is 0 Å². The molecule has 6 nitrogen and oxygen atoms in total. The van der Waals surface area contributed by atoms with Crippen LogP contribution in [0.15, 0.2) is 36.4 Å². The molecule has 0 fully saturated rings. The van der Waals surface area contributed by atoms with Gasteiger partial charge < -0.3 is 20.8 Å². The molecule has 0 aliphatic rings. The number of hydrogen-bond acceptors (Lipinski definition) is 3. The largest absolute Gasteiger partial charge is 0.484 e. The Hall–Kier alpha value is -2.76. The first kappa shape index (κ1) is 14.6. The second-order valence-electron chi connectivity index (χ2n) is 4.54. The van der Waals surface area contributed by atoms with Gasteiger partial charge in [0.1, 0.15) is 17.5 Å². The van der Waals surface area contributed by atoms with Gasteiger partial charge >= 0.3 is 0 Å². The van der Waals surface area contributed by atoms with E-state index in [0.29, 0.717) is 5.75 Å². The molecule has 1 aromatic heterocycles. The van der Waals surface area contributed by atoms with Gasteiger partial charge in [-0.05, 0) is 12.5 Å². The van der Waals surface area contributed by atoms with Gasteiger partial charge in [-0.25, -0.2) is 0 Å². The van der Waals surface area contributed by atoms with Crippen molar-refractivity contribution in [1.82, 2.24) is 10.3 Å². The summed E-state index contributed by atoms with van der Waals surface area (Å²) in [6, 6.07) is 11.0. The van der Waals surface area contributed by atoms with E-state index in [1.807, 2.05) is 37.3 Å².